The summed E-state index contributed by atoms with van der Waals surface area (Å²) in [6.45, 7) is 0. The average Bonchev–Trinajstić information content (AvgIpc) is 2.89. The van der Waals surface area contributed by atoms with Crippen LogP contribution in [0.15, 0.2) is 18.3 Å². The van der Waals surface area contributed by atoms with Crippen molar-refractivity contribution >= 4 is 0 Å². The van der Waals surface area contributed by atoms with Gasteiger partial charge in [0.2, 0.25) is 5.88 Å². The minimum Gasteiger partial charge on any atom is -0.473 e. The Kier molecular flexibility index (Phi) is 1.67. The van der Waals surface area contributed by atoms with E-state index in [4.69, 9.17) is 10.00 Å². The SMILES string of the molecule is N#Cc1cccnc1OC1CC1. The molecular weight excluding hydrogens is 152 g/mol. The predicted molar refractivity (Wildman–Crippen MR) is 42.6 cm³/mol. The molecule has 12 heavy (non-hydrogen) atoms. The number of aromatic nitrogens is 1. The zero-order valence-corrected chi connectivity index (χ0v) is 6.53. The van der Waals surface area contributed by atoms with E-state index in [1.807, 2.05) is 6.07 Å². The maximum atomic E-state index is 8.68. The first kappa shape index (κ1) is 7.11. The molecule has 0 radical (unpaired) electrons. The van der Waals surface area contributed by atoms with Crippen LogP contribution in [0, 0.1) is 11.3 Å². The van der Waals surface area contributed by atoms with Crippen molar-refractivity contribution in [2.24, 2.45) is 0 Å². The molecule has 1 aromatic rings. The zero-order valence-electron chi connectivity index (χ0n) is 6.53. The van der Waals surface area contributed by atoms with E-state index in [1.54, 1.807) is 18.3 Å². The van der Waals surface area contributed by atoms with Crippen LogP contribution in [0.25, 0.3) is 0 Å². The fourth-order valence-electron chi connectivity index (χ4n) is 0.914. The summed E-state index contributed by atoms with van der Waals surface area (Å²) >= 11 is 0. The topological polar surface area (TPSA) is 45.9 Å². The summed E-state index contributed by atoms with van der Waals surface area (Å²) in [5.41, 5.74) is 0.518. The van der Waals surface area contributed by atoms with E-state index in [0.29, 0.717) is 17.5 Å². The molecule has 0 spiro atoms. The number of nitrogens with zero attached hydrogens (tertiary/aromatic N) is 2. The highest BCUT2D eigenvalue weighted by molar-refractivity contribution is 5.37. The van der Waals surface area contributed by atoms with Gasteiger partial charge in [0.25, 0.3) is 0 Å². The molecule has 0 saturated heterocycles. The van der Waals surface area contributed by atoms with Gasteiger partial charge in [-0.05, 0) is 25.0 Å². The van der Waals surface area contributed by atoms with Crippen molar-refractivity contribution in [1.82, 2.24) is 4.98 Å². The summed E-state index contributed by atoms with van der Waals surface area (Å²) in [4.78, 5) is 3.98. The minimum atomic E-state index is 0.298. The molecule has 2 rings (SSSR count). The fraction of sp³-hybridized carbons (Fsp3) is 0.333. The lowest BCUT2D eigenvalue weighted by Crippen LogP contribution is -1.99. The predicted octanol–water partition coefficient (Wildman–Crippen LogP) is 1.49. The molecule has 3 nitrogen and oxygen atoms in total. The van der Waals surface area contributed by atoms with Crippen LogP contribution in [-0.2, 0) is 0 Å². The van der Waals surface area contributed by atoms with Crippen molar-refractivity contribution in [2.75, 3.05) is 0 Å². The summed E-state index contributed by atoms with van der Waals surface area (Å²) in [6.07, 6.45) is 4.11. The van der Waals surface area contributed by atoms with Gasteiger partial charge in [-0.2, -0.15) is 5.26 Å². The van der Waals surface area contributed by atoms with Crippen LogP contribution in [0.4, 0.5) is 0 Å². The van der Waals surface area contributed by atoms with Crippen LogP contribution >= 0.6 is 0 Å². The van der Waals surface area contributed by atoms with Crippen molar-refractivity contribution in [3.63, 3.8) is 0 Å². The number of rotatable bonds is 2. The normalized spacial score (nSPS) is 15.2. The van der Waals surface area contributed by atoms with Gasteiger partial charge in [0.1, 0.15) is 17.7 Å². The molecule has 0 aliphatic heterocycles. The number of hydrogen-bond donors (Lipinski definition) is 0. The molecule has 0 bridgehead atoms. The van der Waals surface area contributed by atoms with E-state index in [-0.39, 0.29) is 0 Å². The summed E-state index contributed by atoms with van der Waals surface area (Å²) in [6, 6.07) is 5.49. The van der Waals surface area contributed by atoms with Crippen LogP contribution < -0.4 is 4.74 Å². The summed E-state index contributed by atoms with van der Waals surface area (Å²) in [5, 5.41) is 8.68. The number of hydrogen-bond acceptors (Lipinski definition) is 3. The second-order valence-corrected chi connectivity index (χ2v) is 2.79. The van der Waals surface area contributed by atoms with E-state index in [1.165, 1.54) is 0 Å². The second kappa shape index (κ2) is 2.82. The Morgan fingerprint density at radius 2 is 2.42 bits per heavy atom. The lowest BCUT2D eigenvalue weighted by atomic mass is 10.3. The number of ether oxygens (including phenoxy) is 1. The van der Waals surface area contributed by atoms with Gasteiger partial charge in [-0.25, -0.2) is 4.98 Å². The van der Waals surface area contributed by atoms with Crippen LogP contribution in [0.1, 0.15) is 18.4 Å². The molecule has 0 atom stereocenters. The van der Waals surface area contributed by atoms with Gasteiger partial charge in [-0.3, -0.25) is 0 Å². The Morgan fingerprint density at radius 3 is 3.08 bits per heavy atom. The van der Waals surface area contributed by atoms with Gasteiger partial charge in [0.15, 0.2) is 0 Å². The van der Waals surface area contributed by atoms with Crippen LogP contribution in [0.5, 0.6) is 5.88 Å². The first-order valence-corrected chi connectivity index (χ1v) is 3.92. The van der Waals surface area contributed by atoms with E-state index in [2.05, 4.69) is 4.98 Å². The van der Waals surface area contributed by atoms with Gasteiger partial charge in [-0.1, -0.05) is 0 Å². The van der Waals surface area contributed by atoms with Crippen molar-refractivity contribution < 1.29 is 4.74 Å². The molecular formula is C9H8N2O. The number of pyridine rings is 1. The smallest absolute Gasteiger partial charge is 0.231 e. The highest BCUT2D eigenvalue weighted by Crippen LogP contribution is 2.26. The Labute approximate surface area is 70.6 Å². The monoisotopic (exact) mass is 160 g/mol. The van der Waals surface area contributed by atoms with Crippen molar-refractivity contribution in [3.05, 3.63) is 23.9 Å². The molecule has 1 fully saturated rings. The average molecular weight is 160 g/mol. The molecule has 1 heterocycles. The minimum absolute atomic E-state index is 0.298. The van der Waals surface area contributed by atoms with Crippen LogP contribution in [-0.4, -0.2) is 11.1 Å². The molecule has 0 aromatic carbocycles. The molecule has 60 valence electrons. The lowest BCUT2D eigenvalue weighted by molar-refractivity contribution is 0.290. The van der Waals surface area contributed by atoms with E-state index >= 15 is 0 Å². The van der Waals surface area contributed by atoms with Crippen LogP contribution in [0.2, 0.25) is 0 Å². The third kappa shape index (κ3) is 1.37. The Bertz CT molecular complexity index is 326. The highest BCUT2D eigenvalue weighted by Gasteiger charge is 2.24. The largest absolute Gasteiger partial charge is 0.473 e. The molecule has 0 amide bonds. The maximum Gasteiger partial charge on any atom is 0.231 e. The van der Waals surface area contributed by atoms with Gasteiger partial charge < -0.3 is 4.74 Å². The van der Waals surface area contributed by atoms with E-state index in [9.17, 15) is 0 Å². The van der Waals surface area contributed by atoms with Crippen molar-refractivity contribution in [3.8, 4) is 11.9 Å². The summed E-state index contributed by atoms with van der Waals surface area (Å²) in [7, 11) is 0. The van der Waals surface area contributed by atoms with Crippen molar-refractivity contribution in [1.29, 1.82) is 5.26 Å². The molecule has 1 aliphatic carbocycles. The zero-order chi connectivity index (χ0) is 8.39. The quantitative estimate of drug-likeness (QED) is 0.658. The lowest BCUT2D eigenvalue weighted by Gasteiger charge is -2.02. The van der Waals surface area contributed by atoms with Gasteiger partial charge >= 0.3 is 0 Å². The first-order valence-electron chi connectivity index (χ1n) is 3.92. The molecule has 0 unspecified atom stereocenters. The summed E-state index contributed by atoms with van der Waals surface area (Å²) in [5.74, 6) is 0.475. The standard InChI is InChI=1S/C9H8N2O/c10-6-7-2-1-5-11-9(7)12-8-3-4-8/h1-2,5,8H,3-4H2. The van der Waals surface area contributed by atoms with E-state index < -0.39 is 0 Å². The van der Waals surface area contributed by atoms with Gasteiger partial charge in [0, 0.05) is 6.20 Å². The first-order chi connectivity index (χ1) is 5.90. The Balaban J connectivity index is 2.22. The summed E-state index contributed by atoms with van der Waals surface area (Å²) < 4.78 is 5.41. The Morgan fingerprint density at radius 1 is 1.58 bits per heavy atom. The van der Waals surface area contributed by atoms with Crippen molar-refractivity contribution in [2.45, 2.75) is 18.9 Å². The van der Waals surface area contributed by atoms with Gasteiger partial charge in [-0.15, -0.1) is 0 Å². The molecule has 1 aromatic heterocycles. The molecule has 3 heteroatoms. The fourth-order valence-corrected chi connectivity index (χ4v) is 0.914. The Hall–Kier alpha value is -1.56. The van der Waals surface area contributed by atoms with Gasteiger partial charge in [0.05, 0.1) is 0 Å². The third-order valence-corrected chi connectivity index (χ3v) is 1.69. The maximum absolute atomic E-state index is 8.68. The van der Waals surface area contributed by atoms with E-state index in [0.717, 1.165) is 12.8 Å². The number of nitriles is 1. The molecule has 1 aliphatic rings. The van der Waals surface area contributed by atoms with Crippen LogP contribution in [0.3, 0.4) is 0 Å². The molecule has 0 N–H and O–H groups in total. The molecule has 1 saturated carbocycles. The highest BCUT2D eigenvalue weighted by atomic mass is 16.5. The third-order valence-electron chi connectivity index (χ3n) is 1.69. The second-order valence-electron chi connectivity index (χ2n) is 2.79.